The van der Waals surface area contributed by atoms with Crippen LogP contribution in [0.3, 0.4) is 0 Å². The number of hydrogen-bond acceptors (Lipinski definition) is 3. The fraction of sp³-hybridized carbons (Fsp3) is 0.0667. The van der Waals surface area contributed by atoms with Crippen molar-refractivity contribution in [1.29, 1.82) is 5.26 Å². The fourth-order valence-electron chi connectivity index (χ4n) is 2.22. The van der Waals surface area contributed by atoms with Gasteiger partial charge in [0.25, 0.3) is 0 Å². The average molecular weight is 249 g/mol. The number of aromatic nitrogens is 2. The molecule has 0 saturated carbocycles. The third kappa shape index (κ3) is 1.72. The van der Waals surface area contributed by atoms with Gasteiger partial charge in [0.15, 0.2) is 0 Å². The molecule has 0 aliphatic heterocycles. The maximum atomic E-state index is 9.44. The molecule has 1 N–H and O–H groups in total. The van der Waals surface area contributed by atoms with E-state index in [0.717, 1.165) is 22.2 Å². The molecule has 0 unspecified atom stereocenters. The van der Waals surface area contributed by atoms with Crippen molar-refractivity contribution in [3.8, 4) is 23.1 Å². The van der Waals surface area contributed by atoms with Crippen molar-refractivity contribution >= 4 is 10.9 Å². The second-order valence-electron chi connectivity index (χ2n) is 4.11. The summed E-state index contributed by atoms with van der Waals surface area (Å²) in [6.45, 7) is 0. The van der Waals surface area contributed by atoms with Crippen molar-refractivity contribution in [3.05, 3.63) is 48.3 Å². The molecule has 19 heavy (non-hydrogen) atoms. The number of pyridine rings is 1. The van der Waals surface area contributed by atoms with Gasteiger partial charge in [0.1, 0.15) is 11.8 Å². The lowest BCUT2D eigenvalue weighted by Gasteiger charge is -2.01. The number of fused-ring (bicyclic) bond motifs is 1. The maximum Gasteiger partial charge on any atom is 0.129 e. The number of aromatic amines is 1. The number of benzene rings is 1. The van der Waals surface area contributed by atoms with Gasteiger partial charge in [-0.3, -0.25) is 4.98 Å². The van der Waals surface area contributed by atoms with Crippen molar-refractivity contribution in [2.75, 3.05) is 7.11 Å². The van der Waals surface area contributed by atoms with Crippen molar-refractivity contribution in [2.45, 2.75) is 0 Å². The van der Waals surface area contributed by atoms with Crippen LogP contribution in [0, 0.1) is 11.3 Å². The first-order valence-electron chi connectivity index (χ1n) is 5.84. The summed E-state index contributed by atoms with van der Waals surface area (Å²) < 4.78 is 5.33. The Bertz CT molecular complexity index is 769. The standard InChI is InChI=1S/C15H11N3O/c1-19-13-6-2-5-12-14(13)11(8-16)15(18-12)10-4-3-7-17-9-10/h2-7,9,18H,1H3. The summed E-state index contributed by atoms with van der Waals surface area (Å²) >= 11 is 0. The lowest BCUT2D eigenvalue weighted by atomic mass is 10.1. The molecule has 4 nitrogen and oxygen atoms in total. The van der Waals surface area contributed by atoms with Gasteiger partial charge in [-0.25, -0.2) is 0 Å². The van der Waals surface area contributed by atoms with Crippen LogP contribution in [0.4, 0.5) is 0 Å². The molecule has 0 aliphatic rings. The molecule has 0 amide bonds. The molecular formula is C15H11N3O. The van der Waals surface area contributed by atoms with E-state index in [1.54, 1.807) is 19.5 Å². The minimum absolute atomic E-state index is 0.584. The van der Waals surface area contributed by atoms with Gasteiger partial charge < -0.3 is 9.72 Å². The van der Waals surface area contributed by atoms with E-state index in [1.807, 2.05) is 30.3 Å². The van der Waals surface area contributed by atoms with E-state index in [0.29, 0.717) is 11.3 Å². The van der Waals surface area contributed by atoms with E-state index in [2.05, 4.69) is 16.0 Å². The quantitative estimate of drug-likeness (QED) is 0.759. The zero-order valence-corrected chi connectivity index (χ0v) is 10.3. The first-order valence-corrected chi connectivity index (χ1v) is 5.84. The molecule has 0 spiro atoms. The van der Waals surface area contributed by atoms with E-state index in [9.17, 15) is 5.26 Å². The molecule has 2 aromatic heterocycles. The van der Waals surface area contributed by atoms with Crippen molar-refractivity contribution in [3.63, 3.8) is 0 Å². The number of nitriles is 1. The zero-order chi connectivity index (χ0) is 13.2. The highest BCUT2D eigenvalue weighted by atomic mass is 16.5. The highest BCUT2D eigenvalue weighted by Gasteiger charge is 2.16. The van der Waals surface area contributed by atoms with Gasteiger partial charge in [-0.15, -0.1) is 0 Å². The molecule has 1 aromatic carbocycles. The Balaban J connectivity index is 2.37. The molecule has 4 heteroatoms. The van der Waals surface area contributed by atoms with Crippen molar-refractivity contribution in [2.24, 2.45) is 0 Å². The maximum absolute atomic E-state index is 9.44. The third-order valence-electron chi connectivity index (χ3n) is 3.07. The summed E-state index contributed by atoms with van der Waals surface area (Å²) in [4.78, 5) is 7.35. The Morgan fingerprint density at radius 1 is 1.26 bits per heavy atom. The van der Waals surface area contributed by atoms with E-state index in [4.69, 9.17) is 4.74 Å². The molecule has 92 valence electrons. The summed E-state index contributed by atoms with van der Waals surface area (Å²) in [5, 5.41) is 10.3. The van der Waals surface area contributed by atoms with Crippen LogP contribution in [0.25, 0.3) is 22.2 Å². The minimum Gasteiger partial charge on any atom is -0.496 e. The smallest absolute Gasteiger partial charge is 0.129 e. The highest BCUT2D eigenvalue weighted by molar-refractivity contribution is 5.97. The van der Waals surface area contributed by atoms with Gasteiger partial charge in [0, 0.05) is 18.0 Å². The molecular weight excluding hydrogens is 238 g/mol. The van der Waals surface area contributed by atoms with Gasteiger partial charge in [0.05, 0.1) is 29.3 Å². The highest BCUT2D eigenvalue weighted by Crippen LogP contribution is 2.34. The lowest BCUT2D eigenvalue weighted by molar-refractivity contribution is 0.420. The zero-order valence-electron chi connectivity index (χ0n) is 10.3. The largest absolute Gasteiger partial charge is 0.496 e. The van der Waals surface area contributed by atoms with E-state index < -0.39 is 0 Å². The van der Waals surface area contributed by atoms with Crippen LogP contribution in [-0.2, 0) is 0 Å². The molecule has 2 heterocycles. The van der Waals surface area contributed by atoms with Crippen LogP contribution in [-0.4, -0.2) is 17.1 Å². The Morgan fingerprint density at radius 3 is 2.84 bits per heavy atom. The normalized spacial score (nSPS) is 10.3. The SMILES string of the molecule is COc1cccc2[nH]c(-c3cccnc3)c(C#N)c12. The average Bonchev–Trinajstić information content (AvgIpc) is 2.86. The topological polar surface area (TPSA) is 61.7 Å². The van der Waals surface area contributed by atoms with Gasteiger partial charge in [0.2, 0.25) is 0 Å². The van der Waals surface area contributed by atoms with Gasteiger partial charge in [-0.05, 0) is 24.3 Å². The monoisotopic (exact) mass is 249 g/mol. The molecule has 0 aliphatic carbocycles. The van der Waals surface area contributed by atoms with Crippen LogP contribution >= 0.6 is 0 Å². The second kappa shape index (κ2) is 4.46. The van der Waals surface area contributed by atoms with Crippen LogP contribution in [0.2, 0.25) is 0 Å². The molecule has 0 atom stereocenters. The number of hydrogen-bond donors (Lipinski definition) is 1. The Morgan fingerprint density at radius 2 is 2.16 bits per heavy atom. The number of rotatable bonds is 2. The second-order valence-corrected chi connectivity index (χ2v) is 4.11. The Hall–Kier alpha value is -2.80. The summed E-state index contributed by atoms with van der Waals surface area (Å²) in [6, 6.07) is 11.7. The lowest BCUT2D eigenvalue weighted by Crippen LogP contribution is -1.85. The van der Waals surface area contributed by atoms with E-state index >= 15 is 0 Å². The van der Waals surface area contributed by atoms with Crippen molar-refractivity contribution in [1.82, 2.24) is 9.97 Å². The molecule has 0 bridgehead atoms. The van der Waals surface area contributed by atoms with Crippen molar-refractivity contribution < 1.29 is 4.74 Å². The van der Waals surface area contributed by atoms with E-state index in [-0.39, 0.29) is 0 Å². The van der Waals surface area contributed by atoms with Crippen LogP contribution < -0.4 is 4.74 Å². The number of ether oxygens (including phenoxy) is 1. The van der Waals surface area contributed by atoms with Crippen LogP contribution in [0.5, 0.6) is 5.75 Å². The van der Waals surface area contributed by atoms with Gasteiger partial charge in [-0.1, -0.05) is 6.07 Å². The molecule has 0 saturated heterocycles. The Kier molecular flexibility index (Phi) is 2.66. The molecule has 0 radical (unpaired) electrons. The van der Waals surface area contributed by atoms with E-state index in [1.165, 1.54) is 0 Å². The van der Waals surface area contributed by atoms with Gasteiger partial charge >= 0.3 is 0 Å². The number of methoxy groups -OCH3 is 1. The van der Waals surface area contributed by atoms with Crippen LogP contribution in [0.15, 0.2) is 42.7 Å². The first kappa shape index (κ1) is 11.3. The summed E-state index contributed by atoms with van der Waals surface area (Å²) in [5.74, 6) is 0.695. The predicted octanol–water partition coefficient (Wildman–Crippen LogP) is 3.11. The molecule has 3 rings (SSSR count). The summed E-state index contributed by atoms with van der Waals surface area (Å²) in [7, 11) is 1.60. The summed E-state index contributed by atoms with van der Waals surface area (Å²) in [6.07, 6.45) is 3.44. The minimum atomic E-state index is 0.584. The van der Waals surface area contributed by atoms with Crippen LogP contribution in [0.1, 0.15) is 5.56 Å². The number of H-pyrrole nitrogens is 1. The summed E-state index contributed by atoms with van der Waals surface area (Å²) in [5.41, 5.74) is 3.13. The van der Waals surface area contributed by atoms with Gasteiger partial charge in [-0.2, -0.15) is 5.26 Å². The number of nitrogens with one attached hydrogen (secondary N) is 1. The molecule has 3 aromatic rings. The molecule has 0 fully saturated rings. The first-order chi connectivity index (χ1) is 9.35. The predicted molar refractivity (Wildman–Crippen MR) is 72.8 cm³/mol. The number of nitrogens with zero attached hydrogens (tertiary/aromatic N) is 2. The Labute approximate surface area is 110 Å². The third-order valence-corrected chi connectivity index (χ3v) is 3.07. The fourth-order valence-corrected chi connectivity index (χ4v) is 2.22.